The molecule has 464 valence electrons. The van der Waals surface area contributed by atoms with Crippen molar-refractivity contribution in [1.82, 2.24) is 0 Å². The van der Waals surface area contributed by atoms with E-state index < -0.39 is 6.10 Å². The number of carbonyl (C=O) groups is 3. The Morgan fingerprint density at radius 3 is 0.759 bits per heavy atom. The molecule has 0 aliphatic heterocycles. The number of ether oxygens (including phenoxy) is 3. The van der Waals surface area contributed by atoms with E-state index in [9.17, 15) is 14.4 Å². The number of rotatable bonds is 58. The van der Waals surface area contributed by atoms with Crippen LogP contribution in [0.3, 0.4) is 0 Å². The van der Waals surface area contributed by atoms with Crippen LogP contribution in [0.2, 0.25) is 0 Å². The Hall–Kier alpha value is -5.49. The molecule has 0 heterocycles. The molecule has 0 saturated carbocycles. The maximum Gasteiger partial charge on any atom is 0.306 e. The minimum atomic E-state index is -0.811. The monoisotopic (exact) mass is 1140 g/mol. The molecule has 83 heavy (non-hydrogen) atoms. The average Bonchev–Trinajstić information content (AvgIpc) is 3.49. The summed E-state index contributed by atoms with van der Waals surface area (Å²) in [5.74, 6) is -0.969. The van der Waals surface area contributed by atoms with Crippen molar-refractivity contribution in [2.24, 2.45) is 0 Å². The fourth-order valence-corrected chi connectivity index (χ4v) is 8.50. The third-order valence-electron chi connectivity index (χ3n) is 13.4. The summed E-state index contributed by atoms with van der Waals surface area (Å²) in [6.07, 6.45) is 103. The highest BCUT2D eigenvalue weighted by molar-refractivity contribution is 5.71. The van der Waals surface area contributed by atoms with Gasteiger partial charge < -0.3 is 14.2 Å². The van der Waals surface area contributed by atoms with Gasteiger partial charge in [0.2, 0.25) is 0 Å². The van der Waals surface area contributed by atoms with E-state index in [1.165, 1.54) is 57.8 Å². The van der Waals surface area contributed by atoms with Crippen LogP contribution in [0.1, 0.15) is 265 Å². The van der Waals surface area contributed by atoms with E-state index in [2.05, 4.69) is 203 Å². The second-order valence-corrected chi connectivity index (χ2v) is 21.3. The highest BCUT2D eigenvalue weighted by atomic mass is 16.6. The van der Waals surface area contributed by atoms with Gasteiger partial charge in [-0.3, -0.25) is 14.4 Å². The van der Waals surface area contributed by atoms with Crippen LogP contribution in [-0.4, -0.2) is 37.2 Å². The van der Waals surface area contributed by atoms with Gasteiger partial charge in [0.05, 0.1) is 0 Å². The molecule has 0 bridgehead atoms. The van der Waals surface area contributed by atoms with Crippen molar-refractivity contribution < 1.29 is 28.6 Å². The fourth-order valence-electron chi connectivity index (χ4n) is 8.50. The van der Waals surface area contributed by atoms with E-state index in [-0.39, 0.29) is 31.1 Å². The first-order valence-corrected chi connectivity index (χ1v) is 33.3. The Morgan fingerprint density at radius 1 is 0.253 bits per heavy atom. The van der Waals surface area contributed by atoms with Crippen LogP contribution in [0.4, 0.5) is 0 Å². The molecule has 0 fully saturated rings. The maximum absolute atomic E-state index is 12.9. The smallest absolute Gasteiger partial charge is 0.306 e. The first-order chi connectivity index (χ1) is 41.0. The predicted octanol–water partition coefficient (Wildman–Crippen LogP) is 23.2. The van der Waals surface area contributed by atoms with Gasteiger partial charge in [-0.05, 0) is 141 Å². The van der Waals surface area contributed by atoms with Gasteiger partial charge in [0.15, 0.2) is 6.10 Å². The largest absolute Gasteiger partial charge is 0.462 e. The summed E-state index contributed by atoms with van der Waals surface area (Å²) in [5, 5.41) is 0. The minimum absolute atomic E-state index is 0.103. The van der Waals surface area contributed by atoms with Gasteiger partial charge in [0.1, 0.15) is 13.2 Å². The molecule has 0 aromatic carbocycles. The van der Waals surface area contributed by atoms with Crippen molar-refractivity contribution in [3.8, 4) is 0 Å². The minimum Gasteiger partial charge on any atom is -0.462 e. The summed E-state index contributed by atoms with van der Waals surface area (Å²) in [4.78, 5) is 38.2. The Labute approximate surface area is 510 Å². The molecule has 6 heteroatoms. The lowest BCUT2D eigenvalue weighted by Crippen LogP contribution is -2.30. The summed E-state index contributed by atoms with van der Waals surface area (Å²) in [5.41, 5.74) is 0. The summed E-state index contributed by atoms with van der Waals surface area (Å²) < 4.78 is 16.8. The number of hydrogen-bond acceptors (Lipinski definition) is 6. The SMILES string of the molecule is CC/C=C\C/C=C\C/C=C\C/C=C\C/C=C\C/C=C\C/C=C\C/C=C\C/C=C\C/C=C\CCCCC(=O)OCC(COC(=O)CCCCCCCCCCC)OC(=O)CCCCCCCCC/C=C\C/C=C\C/C=C\C/C=C\C/C=C\CC. The molecule has 0 aliphatic carbocycles. The Kier molecular flexibility index (Phi) is 64.4. The lowest BCUT2D eigenvalue weighted by Gasteiger charge is -2.18. The van der Waals surface area contributed by atoms with Crippen molar-refractivity contribution in [1.29, 1.82) is 0 Å². The highest BCUT2D eigenvalue weighted by Gasteiger charge is 2.19. The molecule has 0 radical (unpaired) electrons. The molecular weight excluding hydrogens is 1020 g/mol. The van der Waals surface area contributed by atoms with E-state index in [1.54, 1.807) is 0 Å². The van der Waals surface area contributed by atoms with E-state index in [1.807, 2.05) is 0 Å². The molecule has 6 nitrogen and oxygen atoms in total. The van der Waals surface area contributed by atoms with Gasteiger partial charge in [-0.15, -0.1) is 0 Å². The van der Waals surface area contributed by atoms with Crippen molar-refractivity contribution in [3.63, 3.8) is 0 Å². The number of unbranched alkanes of at least 4 members (excludes halogenated alkanes) is 17. The number of hydrogen-bond donors (Lipinski definition) is 0. The molecule has 0 aromatic rings. The Balaban J connectivity index is 4.36. The lowest BCUT2D eigenvalue weighted by atomic mass is 10.1. The molecule has 0 aromatic heterocycles. The number of carbonyl (C=O) groups excluding carboxylic acids is 3. The van der Waals surface area contributed by atoms with Gasteiger partial charge >= 0.3 is 17.9 Å². The molecule has 0 rings (SSSR count). The molecule has 0 saturated heterocycles. The van der Waals surface area contributed by atoms with Gasteiger partial charge in [-0.1, -0.05) is 287 Å². The predicted molar refractivity (Wildman–Crippen MR) is 361 cm³/mol. The van der Waals surface area contributed by atoms with Crippen molar-refractivity contribution >= 4 is 17.9 Å². The van der Waals surface area contributed by atoms with E-state index >= 15 is 0 Å². The lowest BCUT2D eigenvalue weighted by molar-refractivity contribution is -0.167. The van der Waals surface area contributed by atoms with Crippen LogP contribution < -0.4 is 0 Å². The first kappa shape index (κ1) is 77.5. The second-order valence-electron chi connectivity index (χ2n) is 21.3. The van der Waals surface area contributed by atoms with Gasteiger partial charge in [0.25, 0.3) is 0 Å². The topological polar surface area (TPSA) is 78.9 Å². The number of allylic oxidation sites excluding steroid dienone is 30. The van der Waals surface area contributed by atoms with E-state index in [0.717, 1.165) is 161 Å². The standard InChI is InChI=1S/C77H120O6/c1-4-7-10-13-16-19-21-23-25-27-29-31-33-34-35-36-37-38-39-40-41-42-44-45-47-49-51-53-55-58-61-64-67-70-76(79)82-73-74(72-81-75(78)69-66-63-60-57-18-15-12-9-6-3)83-77(80)71-68-65-62-59-56-54-52-50-48-46-43-32-30-28-26-24-22-20-17-14-11-8-5-2/h7-8,10-11,16-17,19-20,23-26,29-32,34-35,37-38,40-41,44-46,48-49,51,55,58,74H,4-6,9,12-15,18,21-22,27-28,33,36,39,42-43,47,50,52-54,56-57,59-73H2,1-3H3/b10-7-,11-8-,19-16-,20-17-,25-23-,26-24-,31-29-,32-30-,35-34-,38-37-,41-40-,45-44-,48-46-,51-49-,58-55-. The molecule has 0 spiro atoms. The average molecular weight is 1140 g/mol. The first-order valence-electron chi connectivity index (χ1n) is 33.3. The van der Waals surface area contributed by atoms with Crippen molar-refractivity contribution in [2.45, 2.75) is 271 Å². The second kappa shape index (κ2) is 69.0. The van der Waals surface area contributed by atoms with E-state index in [4.69, 9.17) is 14.2 Å². The molecule has 0 N–H and O–H groups in total. The van der Waals surface area contributed by atoms with Crippen LogP contribution in [0.5, 0.6) is 0 Å². The van der Waals surface area contributed by atoms with Crippen LogP contribution in [0.25, 0.3) is 0 Å². The van der Waals surface area contributed by atoms with Gasteiger partial charge in [-0.25, -0.2) is 0 Å². The van der Waals surface area contributed by atoms with Crippen LogP contribution in [0, 0.1) is 0 Å². The third-order valence-corrected chi connectivity index (χ3v) is 13.4. The third kappa shape index (κ3) is 67.2. The summed E-state index contributed by atoms with van der Waals surface area (Å²) in [6, 6.07) is 0. The Morgan fingerprint density at radius 2 is 0.470 bits per heavy atom. The quantitative estimate of drug-likeness (QED) is 0.0261. The molecular formula is C77H120O6. The number of esters is 3. The van der Waals surface area contributed by atoms with Crippen molar-refractivity contribution in [2.75, 3.05) is 13.2 Å². The zero-order valence-corrected chi connectivity index (χ0v) is 53.1. The normalized spacial score (nSPS) is 13.3. The van der Waals surface area contributed by atoms with E-state index in [0.29, 0.717) is 25.7 Å². The Bertz CT molecular complexity index is 1940. The molecule has 1 unspecified atom stereocenters. The zero-order chi connectivity index (χ0) is 59.9. The highest BCUT2D eigenvalue weighted by Crippen LogP contribution is 2.14. The zero-order valence-electron chi connectivity index (χ0n) is 53.1. The summed E-state index contributed by atoms with van der Waals surface area (Å²) in [7, 11) is 0. The summed E-state index contributed by atoms with van der Waals surface area (Å²) >= 11 is 0. The van der Waals surface area contributed by atoms with Crippen LogP contribution in [-0.2, 0) is 28.6 Å². The molecule has 1 atom stereocenters. The van der Waals surface area contributed by atoms with Crippen LogP contribution in [0.15, 0.2) is 182 Å². The maximum atomic E-state index is 12.9. The van der Waals surface area contributed by atoms with Crippen molar-refractivity contribution in [3.05, 3.63) is 182 Å². The fraction of sp³-hybridized carbons (Fsp3) is 0.571. The molecule has 0 aliphatic rings. The van der Waals surface area contributed by atoms with Gasteiger partial charge in [-0.2, -0.15) is 0 Å². The summed E-state index contributed by atoms with van der Waals surface area (Å²) in [6.45, 7) is 6.34. The molecule has 0 amide bonds. The van der Waals surface area contributed by atoms with Crippen LogP contribution >= 0.6 is 0 Å². The van der Waals surface area contributed by atoms with Gasteiger partial charge in [0, 0.05) is 19.3 Å².